The summed E-state index contributed by atoms with van der Waals surface area (Å²) in [5, 5.41) is 11.1. The zero-order valence-corrected chi connectivity index (χ0v) is 20.7. The van der Waals surface area contributed by atoms with E-state index in [1.165, 1.54) is 11.3 Å². The molecule has 2 aliphatic rings. The number of amides is 2. The Labute approximate surface area is 214 Å². The van der Waals surface area contributed by atoms with Crippen LogP contribution >= 0.6 is 11.3 Å². The van der Waals surface area contributed by atoms with Crippen molar-refractivity contribution >= 4 is 29.2 Å². The van der Waals surface area contributed by atoms with E-state index in [2.05, 4.69) is 22.0 Å². The number of hydrogen-bond acceptors (Lipinski definition) is 6. The van der Waals surface area contributed by atoms with Gasteiger partial charge in [-0.05, 0) is 34.9 Å². The van der Waals surface area contributed by atoms with Crippen LogP contribution in [0.4, 0.5) is 0 Å². The van der Waals surface area contributed by atoms with Gasteiger partial charge in [0.25, 0.3) is 11.8 Å². The lowest BCUT2D eigenvalue weighted by atomic mass is 10.00. The Morgan fingerprint density at radius 1 is 1.00 bits per heavy atom. The van der Waals surface area contributed by atoms with Gasteiger partial charge in [-0.3, -0.25) is 14.5 Å². The van der Waals surface area contributed by atoms with Crippen LogP contribution in [0.5, 0.6) is 0 Å². The molecule has 2 fully saturated rings. The second kappa shape index (κ2) is 10.9. The van der Waals surface area contributed by atoms with E-state index in [1.807, 2.05) is 69.8 Å². The Balaban J connectivity index is 1.12. The molecule has 8 heteroatoms. The minimum Gasteiger partial charge on any atom is -0.335 e. The molecule has 3 heterocycles. The predicted octanol–water partition coefficient (Wildman–Crippen LogP) is 4.02. The number of nitriles is 1. The summed E-state index contributed by atoms with van der Waals surface area (Å²) in [7, 11) is 0. The molecule has 36 heavy (non-hydrogen) atoms. The number of piperazine rings is 1. The third-order valence-electron chi connectivity index (χ3n) is 6.75. The van der Waals surface area contributed by atoms with E-state index in [-0.39, 0.29) is 11.8 Å². The van der Waals surface area contributed by atoms with Crippen LogP contribution < -0.4 is 0 Å². The van der Waals surface area contributed by atoms with Crippen molar-refractivity contribution in [2.24, 2.45) is 0 Å². The van der Waals surface area contributed by atoms with Gasteiger partial charge < -0.3 is 9.80 Å². The second-order valence-corrected chi connectivity index (χ2v) is 9.89. The molecule has 2 amide bonds. The Hall–Kier alpha value is -3.80. The normalized spacial score (nSPS) is 16.6. The Morgan fingerprint density at radius 2 is 1.78 bits per heavy atom. The van der Waals surface area contributed by atoms with E-state index in [4.69, 9.17) is 5.26 Å². The summed E-state index contributed by atoms with van der Waals surface area (Å²) in [5.74, 6) is 0.0734. The molecule has 2 aliphatic heterocycles. The summed E-state index contributed by atoms with van der Waals surface area (Å²) in [6.45, 7) is 4.47. The fourth-order valence-corrected chi connectivity index (χ4v) is 5.27. The number of rotatable bonds is 6. The van der Waals surface area contributed by atoms with E-state index in [0.29, 0.717) is 36.1 Å². The summed E-state index contributed by atoms with van der Waals surface area (Å²) >= 11 is 1.38. The molecule has 0 spiro atoms. The first-order valence-corrected chi connectivity index (χ1v) is 13.0. The predicted molar refractivity (Wildman–Crippen MR) is 140 cm³/mol. The van der Waals surface area contributed by atoms with Crippen molar-refractivity contribution in [1.29, 1.82) is 5.26 Å². The average Bonchev–Trinajstić information content (AvgIpc) is 3.43. The van der Waals surface area contributed by atoms with Crippen molar-refractivity contribution in [1.82, 2.24) is 19.7 Å². The van der Waals surface area contributed by atoms with Gasteiger partial charge in [-0.25, -0.2) is 4.98 Å². The maximum atomic E-state index is 13.0. The van der Waals surface area contributed by atoms with Gasteiger partial charge >= 0.3 is 0 Å². The standard InChI is InChI=1S/C28H27N5O2S/c29-11-2-1-4-21-5-3-6-24(18-21)22-7-9-23(10-8-22)27(34)33-19-25(20-33)31-13-15-32(16-14-31)28(35)26-30-12-17-36-26/h1,3-10,12,17-18,25H,2,13-16,19-20H2/b4-1+. The van der Waals surface area contributed by atoms with Crippen LogP contribution in [0.2, 0.25) is 0 Å². The van der Waals surface area contributed by atoms with Gasteiger partial charge in [-0.1, -0.05) is 42.5 Å². The topological polar surface area (TPSA) is 80.5 Å². The van der Waals surface area contributed by atoms with Crippen molar-refractivity contribution in [2.75, 3.05) is 39.3 Å². The van der Waals surface area contributed by atoms with Crippen molar-refractivity contribution < 1.29 is 9.59 Å². The summed E-state index contributed by atoms with van der Waals surface area (Å²) < 4.78 is 0. The number of aromatic nitrogens is 1. The lowest BCUT2D eigenvalue weighted by Gasteiger charge is -2.48. The fraction of sp³-hybridized carbons (Fsp3) is 0.286. The molecule has 2 aromatic carbocycles. The number of likely N-dealkylation sites (tertiary alicyclic amines) is 1. The van der Waals surface area contributed by atoms with Crippen molar-refractivity contribution in [3.05, 3.63) is 82.3 Å². The maximum absolute atomic E-state index is 13.0. The second-order valence-electron chi connectivity index (χ2n) is 9.00. The monoisotopic (exact) mass is 497 g/mol. The molecule has 182 valence electrons. The fourth-order valence-electron chi connectivity index (χ4n) is 4.66. The third-order valence-corrected chi connectivity index (χ3v) is 7.51. The van der Waals surface area contributed by atoms with E-state index < -0.39 is 0 Å². The highest BCUT2D eigenvalue weighted by molar-refractivity contribution is 7.11. The van der Waals surface area contributed by atoms with E-state index >= 15 is 0 Å². The Bertz CT molecular complexity index is 1280. The third kappa shape index (κ3) is 5.23. The number of allylic oxidation sites excluding steroid dienone is 1. The number of thiazole rings is 1. The molecular formula is C28H27N5O2S. The number of carbonyl (C=O) groups excluding carboxylic acids is 2. The highest BCUT2D eigenvalue weighted by Crippen LogP contribution is 2.24. The molecule has 1 aromatic heterocycles. The SMILES string of the molecule is N#CC/C=C/c1cccc(-c2ccc(C(=O)N3CC(N4CCN(C(=O)c5nccs5)CC4)C3)cc2)c1. The van der Waals surface area contributed by atoms with Crippen molar-refractivity contribution in [3.63, 3.8) is 0 Å². The van der Waals surface area contributed by atoms with E-state index in [9.17, 15) is 9.59 Å². The van der Waals surface area contributed by atoms with E-state index in [1.54, 1.807) is 6.20 Å². The van der Waals surface area contributed by atoms with Crippen LogP contribution in [0.1, 0.15) is 32.1 Å². The highest BCUT2D eigenvalue weighted by Gasteiger charge is 2.37. The van der Waals surface area contributed by atoms with Crippen LogP contribution in [0.3, 0.4) is 0 Å². The Morgan fingerprint density at radius 3 is 2.47 bits per heavy atom. The summed E-state index contributed by atoms with van der Waals surface area (Å²) in [5.41, 5.74) is 3.86. The summed E-state index contributed by atoms with van der Waals surface area (Å²) in [6, 6.07) is 18.4. The molecule has 0 N–H and O–H groups in total. The van der Waals surface area contributed by atoms with Crippen LogP contribution in [-0.4, -0.2) is 76.8 Å². The number of carbonyl (C=O) groups is 2. The van der Waals surface area contributed by atoms with Gasteiger partial charge in [0, 0.05) is 62.5 Å². The van der Waals surface area contributed by atoms with Gasteiger partial charge in [-0.2, -0.15) is 5.26 Å². The summed E-state index contributed by atoms with van der Waals surface area (Å²) in [4.78, 5) is 35.8. The first-order valence-electron chi connectivity index (χ1n) is 12.1. The molecule has 0 saturated carbocycles. The van der Waals surface area contributed by atoms with E-state index in [0.717, 1.165) is 42.9 Å². The molecule has 0 aliphatic carbocycles. The molecule has 2 saturated heterocycles. The molecule has 3 aromatic rings. The quantitative estimate of drug-likeness (QED) is 0.514. The molecule has 0 radical (unpaired) electrons. The highest BCUT2D eigenvalue weighted by atomic mass is 32.1. The lowest BCUT2D eigenvalue weighted by molar-refractivity contribution is 0.00853. The lowest BCUT2D eigenvalue weighted by Crippen LogP contribution is -2.64. The van der Waals surface area contributed by atoms with Gasteiger partial charge in [0.05, 0.1) is 12.5 Å². The summed E-state index contributed by atoms with van der Waals surface area (Å²) in [6.07, 6.45) is 5.85. The molecule has 7 nitrogen and oxygen atoms in total. The van der Waals surface area contributed by atoms with Crippen LogP contribution in [0.15, 0.2) is 66.2 Å². The van der Waals surface area contributed by atoms with Gasteiger partial charge in [0.1, 0.15) is 0 Å². The van der Waals surface area contributed by atoms with Crippen molar-refractivity contribution in [2.45, 2.75) is 12.5 Å². The number of hydrogen-bond donors (Lipinski definition) is 0. The van der Waals surface area contributed by atoms with Crippen LogP contribution in [0.25, 0.3) is 17.2 Å². The molecule has 5 rings (SSSR count). The number of nitrogens with zero attached hydrogens (tertiary/aromatic N) is 5. The largest absolute Gasteiger partial charge is 0.335 e. The minimum absolute atomic E-state index is 0.0145. The first-order chi connectivity index (χ1) is 17.6. The zero-order chi connectivity index (χ0) is 24.9. The van der Waals surface area contributed by atoms with Crippen LogP contribution in [0, 0.1) is 11.3 Å². The molecular weight excluding hydrogens is 470 g/mol. The minimum atomic E-state index is 0.0145. The van der Waals surface area contributed by atoms with Crippen molar-refractivity contribution in [3.8, 4) is 17.2 Å². The van der Waals surface area contributed by atoms with Crippen LogP contribution in [-0.2, 0) is 0 Å². The van der Waals surface area contributed by atoms with Gasteiger partial charge in [0.2, 0.25) is 0 Å². The average molecular weight is 498 g/mol. The molecule has 0 unspecified atom stereocenters. The van der Waals surface area contributed by atoms with Gasteiger partial charge in [0.15, 0.2) is 5.01 Å². The smallest absolute Gasteiger partial charge is 0.282 e. The molecule has 0 atom stereocenters. The Kier molecular flexibility index (Phi) is 7.21. The number of benzene rings is 2. The first kappa shape index (κ1) is 23.9. The maximum Gasteiger partial charge on any atom is 0.282 e. The zero-order valence-electron chi connectivity index (χ0n) is 19.9. The molecule has 0 bridgehead atoms. The van der Waals surface area contributed by atoms with Gasteiger partial charge in [-0.15, -0.1) is 11.3 Å².